The minimum atomic E-state index is 1.16. The Morgan fingerprint density at radius 3 is 0.659 bits per heavy atom. The number of para-hydroxylation sites is 8. The maximum atomic E-state index is 2.43. The van der Waals surface area contributed by atoms with Crippen LogP contribution in [-0.2, 0) is 0 Å². The van der Waals surface area contributed by atoms with Crippen molar-refractivity contribution in [2.45, 2.75) is 0 Å². The minimum Gasteiger partial charge on any atom is -0.309 e. The number of rotatable bonds is 10. The summed E-state index contributed by atoms with van der Waals surface area (Å²) >= 11 is 0. The Morgan fingerprint density at radius 2 is 0.318 bits per heavy atom. The molecule has 0 radical (unpaired) electrons. The van der Waals surface area contributed by atoms with Crippen molar-refractivity contribution in [1.29, 1.82) is 0 Å². The zero-order chi connectivity index (χ0) is 86.9. The summed E-state index contributed by atoms with van der Waals surface area (Å²) < 4.78 is 14.4. The highest BCUT2D eigenvalue weighted by molar-refractivity contribution is 6.18. The maximum Gasteiger partial charge on any atom is 0.0541 e. The van der Waals surface area contributed by atoms with Gasteiger partial charge in [0.15, 0.2) is 0 Å². The van der Waals surface area contributed by atoms with Gasteiger partial charge in [0.1, 0.15) is 0 Å². The van der Waals surface area contributed by atoms with Crippen LogP contribution in [0.25, 0.3) is 242 Å². The van der Waals surface area contributed by atoms with Crippen LogP contribution in [0.15, 0.2) is 497 Å². The Hall–Kier alpha value is -17.6. The lowest BCUT2D eigenvalue weighted by atomic mass is 10.0. The summed E-state index contributed by atoms with van der Waals surface area (Å²) in [6.07, 6.45) is 0. The fourth-order valence-corrected chi connectivity index (χ4v) is 21.3. The summed E-state index contributed by atoms with van der Waals surface area (Å²) in [4.78, 5) is 0. The molecule has 0 saturated heterocycles. The van der Waals surface area contributed by atoms with E-state index in [0.717, 1.165) is 5.69 Å². The van der Waals surface area contributed by atoms with Crippen LogP contribution in [0.5, 0.6) is 0 Å². The molecular formula is C126H82N6. The van der Waals surface area contributed by atoms with E-state index in [2.05, 4.69) is 525 Å². The second-order valence-corrected chi connectivity index (χ2v) is 34.6. The summed E-state index contributed by atoms with van der Waals surface area (Å²) in [5.41, 5.74) is 31.5. The van der Waals surface area contributed by atoms with E-state index >= 15 is 0 Å². The highest BCUT2D eigenvalue weighted by Gasteiger charge is 2.23. The third-order valence-corrected chi connectivity index (χ3v) is 27.3. The Labute approximate surface area is 761 Å². The molecule has 6 heterocycles. The van der Waals surface area contributed by atoms with Gasteiger partial charge >= 0.3 is 0 Å². The molecule has 28 rings (SSSR count). The lowest BCUT2D eigenvalue weighted by Gasteiger charge is -2.12. The Bertz CT molecular complexity index is 9450. The average Bonchev–Trinajstić information content (AvgIpc) is 1.58. The molecule has 6 nitrogen and oxygen atoms in total. The van der Waals surface area contributed by atoms with Gasteiger partial charge in [-0.2, -0.15) is 0 Å². The number of fused-ring (bicyclic) bond motifs is 21. The third-order valence-electron chi connectivity index (χ3n) is 27.3. The molecule has 0 spiro atoms. The highest BCUT2D eigenvalue weighted by Crippen LogP contribution is 2.45. The van der Waals surface area contributed by atoms with Gasteiger partial charge < -0.3 is 27.4 Å². The number of aromatic nitrogens is 6. The molecule has 6 heteroatoms. The van der Waals surface area contributed by atoms with Gasteiger partial charge in [-0.25, -0.2) is 0 Å². The molecule has 0 N–H and O–H groups in total. The van der Waals surface area contributed by atoms with Gasteiger partial charge in [-0.3, -0.25) is 0 Å². The first-order valence-electron chi connectivity index (χ1n) is 45.4. The lowest BCUT2D eigenvalue weighted by molar-refractivity contribution is 1.18. The topological polar surface area (TPSA) is 29.6 Å². The zero-order valence-corrected chi connectivity index (χ0v) is 72.0. The first kappa shape index (κ1) is 75.7. The monoisotopic (exact) mass is 1680 g/mol. The van der Waals surface area contributed by atoms with Crippen molar-refractivity contribution in [3.63, 3.8) is 0 Å². The molecule has 132 heavy (non-hydrogen) atoms. The first-order chi connectivity index (χ1) is 65.5. The van der Waals surface area contributed by atoms with E-state index < -0.39 is 0 Å². The second kappa shape index (κ2) is 31.2. The van der Waals surface area contributed by atoms with Crippen molar-refractivity contribution >= 4 is 163 Å². The van der Waals surface area contributed by atoms with Gasteiger partial charge in [0.25, 0.3) is 0 Å². The van der Waals surface area contributed by atoms with E-state index in [4.69, 9.17) is 0 Å². The maximum absolute atomic E-state index is 2.43. The predicted molar refractivity (Wildman–Crippen MR) is 560 cm³/mol. The quantitative estimate of drug-likeness (QED) is 0.131. The molecule has 0 bridgehead atoms. The molecule has 0 saturated carbocycles. The lowest BCUT2D eigenvalue weighted by Crippen LogP contribution is -1.95. The van der Waals surface area contributed by atoms with Crippen LogP contribution in [0, 0.1) is 0 Å². The van der Waals surface area contributed by atoms with Gasteiger partial charge in [0, 0.05) is 98.2 Å². The molecule has 6 aromatic heterocycles. The fraction of sp³-hybridized carbons (Fsp3) is 0. The molecule has 28 aromatic rings. The molecule has 0 aliphatic rings. The van der Waals surface area contributed by atoms with E-state index in [-0.39, 0.29) is 0 Å². The van der Waals surface area contributed by atoms with E-state index in [1.54, 1.807) is 0 Å². The number of hydrogen-bond acceptors (Lipinski definition) is 0. The fourth-order valence-electron chi connectivity index (χ4n) is 21.3. The van der Waals surface area contributed by atoms with Crippen molar-refractivity contribution in [1.82, 2.24) is 27.4 Å². The van der Waals surface area contributed by atoms with Gasteiger partial charge in [-0.1, -0.05) is 328 Å². The van der Waals surface area contributed by atoms with Crippen LogP contribution in [0.1, 0.15) is 0 Å². The van der Waals surface area contributed by atoms with E-state index in [1.807, 2.05) is 0 Å². The highest BCUT2D eigenvalue weighted by atomic mass is 15.0. The molecule has 22 aromatic carbocycles. The first-order valence-corrected chi connectivity index (χ1v) is 45.4. The largest absolute Gasteiger partial charge is 0.309 e. The number of hydrogen-bond donors (Lipinski definition) is 0. The SMILES string of the molecule is c1ccc(-c2ccc(-n3c4ccccc4c4cc(-c5ccc6c(c5)c5ccccc5n6-c5cccc6ccccc56)ccc43)cc2)cc1.c1ccc(-n2c3ccccc3c3cc(-c4ccc5c(c4)c4ccccc4n5-c4ccc5ccccc5c4)ccc32)cc1.c1ccc(-n2c3ccccc3c3cc(-c4ccc5c(c4)c4ccccc4n5-c4cccc5ccccc45)ccc32)cc1. The zero-order valence-electron chi connectivity index (χ0n) is 72.0. The second-order valence-electron chi connectivity index (χ2n) is 34.6. The molecule has 0 unspecified atom stereocenters. The summed E-state index contributed by atoms with van der Waals surface area (Å²) in [5.74, 6) is 0. The third kappa shape index (κ3) is 12.5. The molecule has 0 aliphatic heterocycles. The smallest absolute Gasteiger partial charge is 0.0541 e. The predicted octanol–water partition coefficient (Wildman–Crippen LogP) is 33.8. The average molecular weight is 1680 g/mol. The summed E-state index contributed by atoms with van der Waals surface area (Å²) in [6.45, 7) is 0. The molecule has 0 atom stereocenters. The standard InChI is InChI=1S/C46H30N2.2C40H26N2/c1-2-11-31(12-3-1)32-21-25-36(26-22-32)47-43-18-8-6-16-38(43)40-29-34(23-27-45(40)47)35-24-28-46-41(30-35)39-17-7-9-19-44(39)48(46)42-20-10-14-33-13-4-5-15-37(33)42;1-2-13-30(14-3-1)41-37-18-8-6-16-32(37)34-25-28(21-23-39(34)41)29-22-24-40-35(26-29)33-17-7-9-19-38(33)42(40)36-20-10-12-27-11-4-5-15-31(27)36;1-2-12-31(13-3-1)41-37-16-8-6-14-33(37)35-25-29(19-22-39(35)41)30-20-23-40-36(26-30)34-15-7-9-17-38(34)42(40)32-21-18-27-10-4-5-11-28(27)24-32/h1-30H;2*1-26H. The molecule has 616 valence electrons. The Balaban J connectivity index is 0.000000104. The van der Waals surface area contributed by atoms with Crippen molar-refractivity contribution in [2.24, 2.45) is 0 Å². The van der Waals surface area contributed by atoms with Crippen LogP contribution in [-0.4, -0.2) is 27.4 Å². The Kier molecular flexibility index (Phi) is 17.9. The summed E-state index contributed by atoms with van der Waals surface area (Å²) in [7, 11) is 0. The van der Waals surface area contributed by atoms with Gasteiger partial charge in [-0.15, -0.1) is 0 Å². The normalized spacial score (nSPS) is 11.8. The summed E-state index contributed by atoms with van der Waals surface area (Å²) in [5, 5.41) is 22.7. The number of benzene rings is 22. The van der Waals surface area contributed by atoms with Crippen molar-refractivity contribution in [3.05, 3.63) is 497 Å². The van der Waals surface area contributed by atoms with Crippen molar-refractivity contribution in [3.8, 4) is 78.6 Å². The van der Waals surface area contributed by atoms with Crippen LogP contribution in [0.2, 0.25) is 0 Å². The number of nitrogens with zero attached hydrogens (tertiary/aromatic N) is 6. The molecule has 0 amide bonds. The van der Waals surface area contributed by atoms with Crippen molar-refractivity contribution < 1.29 is 0 Å². The Morgan fingerprint density at radius 1 is 0.0985 bits per heavy atom. The molecule has 0 aliphatic carbocycles. The van der Waals surface area contributed by atoms with Crippen LogP contribution < -0.4 is 0 Å². The van der Waals surface area contributed by atoms with Crippen LogP contribution in [0.3, 0.4) is 0 Å². The van der Waals surface area contributed by atoms with Crippen LogP contribution in [0.4, 0.5) is 0 Å². The van der Waals surface area contributed by atoms with Gasteiger partial charge in [0.2, 0.25) is 0 Å². The van der Waals surface area contributed by atoms with Gasteiger partial charge in [0.05, 0.1) is 77.6 Å². The summed E-state index contributed by atoms with van der Waals surface area (Å²) in [6, 6.07) is 181. The van der Waals surface area contributed by atoms with E-state index in [0.29, 0.717) is 0 Å². The van der Waals surface area contributed by atoms with Gasteiger partial charge in [-0.05, 0) is 236 Å². The molecule has 0 fully saturated rings. The molecular weight excluding hydrogens is 1600 g/mol. The van der Waals surface area contributed by atoms with E-state index in [9.17, 15) is 0 Å². The van der Waals surface area contributed by atoms with E-state index in [1.165, 1.54) is 236 Å². The minimum absolute atomic E-state index is 1.16. The van der Waals surface area contributed by atoms with Crippen LogP contribution >= 0.6 is 0 Å². The van der Waals surface area contributed by atoms with Crippen molar-refractivity contribution in [2.75, 3.05) is 0 Å².